The second kappa shape index (κ2) is 5.86. The van der Waals surface area contributed by atoms with Gasteiger partial charge in [-0.3, -0.25) is 5.84 Å². The molecular formula is C11H9Cl2IN2S. The molecule has 17 heavy (non-hydrogen) atoms. The van der Waals surface area contributed by atoms with E-state index in [4.69, 9.17) is 29.0 Å². The first kappa shape index (κ1) is 13.6. The van der Waals surface area contributed by atoms with Crippen LogP contribution in [0.25, 0.3) is 0 Å². The molecule has 1 atom stereocenters. The summed E-state index contributed by atoms with van der Waals surface area (Å²) < 4.78 is 1.20. The van der Waals surface area contributed by atoms with Crippen LogP contribution in [0.5, 0.6) is 0 Å². The van der Waals surface area contributed by atoms with Crippen molar-refractivity contribution < 1.29 is 0 Å². The van der Waals surface area contributed by atoms with Crippen molar-refractivity contribution in [1.29, 1.82) is 0 Å². The van der Waals surface area contributed by atoms with Crippen LogP contribution in [0.3, 0.4) is 0 Å². The van der Waals surface area contributed by atoms with E-state index in [9.17, 15) is 0 Å². The molecular weight excluding hydrogens is 390 g/mol. The van der Waals surface area contributed by atoms with Crippen LogP contribution in [-0.4, -0.2) is 0 Å². The van der Waals surface area contributed by atoms with Gasteiger partial charge in [0, 0.05) is 10.0 Å². The lowest BCUT2D eigenvalue weighted by molar-refractivity contribution is 0.639. The molecule has 0 aliphatic carbocycles. The molecule has 2 nitrogen and oxygen atoms in total. The normalized spacial score (nSPS) is 12.7. The van der Waals surface area contributed by atoms with Gasteiger partial charge < -0.3 is 0 Å². The molecule has 0 bridgehead atoms. The van der Waals surface area contributed by atoms with Crippen LogP contribution in [0, 0.1) is 2.88 Å². The van der Waals surface area contributed by atoms with E-state index in [-0.39, 0.29) is 6.04 Å². The number of rotatable bonds is 3. The monoisotopic (exact) mass is 398 g/mol. The van der Waals surface area contributed by atoms with Crippen molar-refractivity contribution in [3.05, 3.63) is 53.7 Å². The summed E-state index contributed by atoms with van der Waals surface area (Å²) in [4.78, 5) is 0. The molecule has 2 rings (SSSR count). The van der Waals surface area contributed by atoms with E-state index in [0.717, 1.165) is 11.1 Å². The smallest absolute Gasteiger partial charge is 0.0733 e. The maximum absolute atomic E-state index is 6.17. The summed E-state index contributed by atoms with van der Waals surface area (Å²) in [5, 5.41) is 3.36. The van der Waals surface area contributed by atoms with Gasteiger partial charge >= 0.3 is 0 Å². The van der Waals surface area contributed by atoms with Crippen molar-refractivity contribution in [3.63, 3.8) is 0 Å². The van der Waals surface area contributed by atoms with Gasteiger partial charge in [0.05, 0.1) is 8.93 Å². The van der Waals surface area contributed by atoms with E-state index in [0.29, 0.717) is 10.0 Å². The zero-order valence-corrected chi connectivity index (χ0v) is 13.1. The molecule has 90 valence electrons. The number of hydrazine groups is 1. The predicted molar refractivity (Wildman–Crippen MR) is 82.7 cm³/mol. The fraction of sp³-hybridized carbons (Fsp3) is 0.0909. The molecule has 0 amide bonds. The van der Waals surface area contributed by atoms with Gasteiger partial charge in [-0.2, -0.15) is 0 Å². The number of halogens is 3. The van der Waals surface area contributed by atoms with E-state index in [1.54, 1.807) is 23.5 Å². The van der Waals surface area contributed by atoms with Gasteiger partial charge in [-0.05, 0) is 63.4 Å². The van der Waals surface area contributed by atoms with Crippen molar-refractivity contribution >= 4 is 57.1 Å². The Labute approximate surface area is 127 Å². The molecule has 0 aliphatic heterocycles. The third-order valence-electron chi connectivity index (χ3n) is 2.36. The largest absolute Gasteiger partial charge is 0.271 e. The molecule has 0 aliphatic rings. The van der Waals surface area contributed by atoms with E-state index in [1.165, 1.54) is 2.88 Å². The van der Waals surface area contributed by atoms with Gasteiger partial charge in [-0.25, -0.2) is 5.43 Å². The molecule has 6 heteroatoms. The molecule has 1 unspecified atom stereocenters. The fourth-order valence-corrected chi connectivity index (χ4v) is 3.38. The number of benzene rings is 1. The Balaban J connectivity index is 2.45. The van der Waals surface area contributed by atoms with Crippen molar-refractivity contribution in [2.75, 3.05) is 0 Å². The summed E-state index contributed by atoms with van der Waals surface area (Å²) >= 11 is 16.1. The van der Waals surface area contributed by atoms with E-state index < -0.39 is 0 Å². The van der Waals surface area contributed by atoms with Crippen LogP contribution in [0.4, 0.5) is 0 Å². The van der Waals surface area contributed by atoms with Crippen LogP contribution >= 0.6 is 57.1 Å². The third kappa shape index (κ3) is 3.13. The lowest BCUT2D eigenvalue weighted by Gasteiger charge is -2.16. The molecule has 1 aromatic heterocycles. The second-order valence-corrected chi connectivity index (χ2v) is 7.10. The minimum Gasteiger partial charge on any atom is -0.271 e. The topological polar surface area (TPSA) is 38.0 Å². The average Bonchev–Trinajstić information content (AvgIpc) is 2.71. The molecule has 0 saturated carbocycles. The summed E-state index contributed by atoms with van der Waals surface area (Å²) in [5.41, 5.74) is 4.75. The Hall–Kier alpha value is 0.150. The van der Waals surface area contributed by atoms with Crippen molar-refractivity contribution in [2.45, 2.75) is 6.04 Å². The van der Waals surface area contributed by atoms with Crippen LogP contribution in [0.15, 0.2) is 29.6 Å². The zero-order valence-electron chi connectivity index (χ0n) is 8.58. The van der Waals surface area contributed by atoms with E-state index in [2.05, 4.69) is 39.5 Å². The van der Waals surface area contributed by atoms with Crippen LogP contribution < -0.4 is 11.3 Å². The third-order valence-corrected chi connectivity index (χ3v) is 4.74. The lowest BCUT2D eigenvalue weighted by atomic mass is 10.0. The minimum absolute atomic E-state index is 0.138. The Morgan fingerprint density at radius 2 is 2.06 bits per heavy atom. The highest BCUT2D eigenvalue weighted by atomic mass is 127. The van der Waals surface area contributed by atoms with Crippen molar-refractivity contribution in [2.24, 2.45) is 5.84 Å². The fourth-order valence-electron chi connectivity index (χ4n) is 1.58. The van der Waals surface area contributed by atoms with Crippen LogP contribution in [-0.2, 0) is 0 Å². The van der Waals surface area contributed by atoms with Crippen molar-refractivity contribution in [1.82, 2.24) is 5.43 Å². The minimum atomic E-state index is -0.138. The maximum Gasteiger partial charge on any atom is 0.0733 e. The molecule has 1 heterocycles. The molecule has 2 aromatic rings. The molecule has 0 spiro atoms. The molecule has 3 N–H and O–H groups in total. The van der Waals surface area contributed by atoms with Gasteiger partial charge in [0.2, 0.25) is 0 Å². The van der Waals surface area contributed by atoms with Gasteiger partial charge in [0.25, 0.3) is 0 Å². The highest BCUT2D eigenvalue weighted by Crippen LogP contribution is 2.32. The number of hydrogen-bond acceptors (Lipinski definition) is 3. The zero-order chi connectivity index (χ0) is 12.4. The first-order valence-electron chi connectivity index (χ1n) is 4.77. The van der Waals surface area contributed by atoms with E-state index in [1.807, 2.05) is 6.07 Å². The van der Waals surface area contributed by atoms with E-state index >= 15 is 0 Å². The molecule has 0 fully saturated rings. The van der Waals surface area contributed by atoms with Gasteiger partial charge in [-0.15, -0.1) is 11.3 Å². The van der Waals surface area contributed by atoms with Crippen LogP contribution in [0.2, 0.25) is 10.0 Å². The highest BCUT2D eigenvalue weighted by Gasteiger charge is 2.17. The summed E-state index contributed by atoms with van der Waals surface area (Å²) in [5.74, 6) is 5.62. The molecule has 1 aromatic carbocycles. The predicted octanol–water partition coefficient (Wildman–Crippen LogP) is 4.21. The molecule has 0 saturated heterocycles. The first-order valence-corrected chi connectivity index (χ1v) is 7.48. The van der Waals surface area contributed by atoms with Gasteiger partial charge in [0.15, 0.2) is 0 Å². The average molecular weight is 399 g/mol. The number of nitrogens with two attached hydrogens (primary N) is 1. The molecule has 0 radical (unpaired) electrons. The Kier molecular flexibility index (Phi) is 4.68. The van der Waals surface area contributed by atoms with Gasteiger partial charge in [-0.1, -0.05) is 23.2 Å². The Morgan fingerprint density at radius 1 is 1.29 bits per heavy atom. The lowest BCUT2D eigenvalue weighted by Crippen LogP contribution is -2.28. The standard InChI is InChI=1S/C11H9Cl2IN2S/c12-7-1-2-9(13)8(4-7)11(16-15)6-3-10(14)17-5-6/h1-5,11,16H,15H2. The Morgan fingerprint density at radius 3 is 2.65 bits per heavy atom. The number of hydrogen-bond donors (Lipinski definition) is 2. The summed E-state index contributed by atoms with van der Waals surface area (Å²) in [7, 11) is 0. The summed E-state index contributed by atoms with van der Waals surface area (Å²) in [6.45, 7) is 0. The SMILES string of the molecule is NNC(c1csc(I)c1)c1cc(Cl)ccc1Cl. The first-order chi connectivity index (χ1) is 8.11. The number of nitrogens with one attached hydrogen (secondary N) is 1. The van der Waals surface area contributed by atoms with Crippen molar-refractivity contribution in [3.8, 4) is 0 Å². The maximum atomic E-state index is 6.17. The van der Waals surface area contributed by atoms with Gasteiger partial charge in [0.1, 0.15) is 0 Å². The highest BCUT2D eigenvalue weighted by molar-refractivity contribution is 14.1. The van der Waals surface area contributed by atoms with Crippen LogP contribution in [0.1, 0.15) is 17.2 Å². The quantitative estimate of drug-likeness (QED) is 0.461. The summed E-state index contributed by atoms with van der Waals surface area (Å²) in [6, 6.07) is 7.31. The second-order valence-electron chi connectivity index (χ2n) is 3.45. The number of thiophene rings is 1. The summed E-state index contributed by atoms with van der Waals surface area (Å²) in [6.07, 6.45) is 0. The Bertz CT molecular complexity index is 530.